The van der Waals surface area contributed by atoms with Crippen molar-refractivity contribution in [2.45, 2.75) is 0 Å². The number of aromatic nitrogens is 3. The molecule has 0 bridgehead atoms. The number of hydrogen-bond donors (Lipinski definition) is 1. The van der Waals surface area contributed by atoms with Gasteiger partial charge in [0.05, 0.1) is 30.7 Å². The molecule has 4 aromatic rings. The summed E-state index contributed by atoms with van der Waals surface area (Å²) >= 11 is 0. The Hall–Kier alpha value is -4.24. The number of nitrogens with zero attached hydrogens (tertiary/aromatic N) is 4. The van der Waals surface area contributed by atoms with Crippen LogP contribution in [0, 0.1) is 0 Å². The fourth-order valence-corrected chi connectivity index (χ4v) is 3.40. The first-order valence-corrected chi connectivity index (χ1v) is 10.1. The fraction of sp³-hybridized carbons (Fsp3) is 0.167. The molecule has 1 aromatic carbocycles. The summed E-state index contributed by atoms with van der Waals surface area (Å²) in [6.07, 6.45) is 5.09. The molecule has 168 valence electrons. The summed E-state index contributed by atoms with van der Waals surface area (Å²) in [5.74, 6) is 0.0857. The molecule has 33 heavy (non-hydrogen) atoms. The van der Waals surface area contributed by atoms with E-state index in [1.807, 2.05) is 30.3 Å². The maximum absolute atomic E-state index is 13.1. The van der Waals surface area contributed by atoms with Crippen LogP contribution in [0.2, 0.25) is 0 Å². The third-order valence-corrected chi connectivity index (χ3v) is 5.15. The Morgan fingerprint density at radius 2 is 1.85 bits per heavy atom. The molecule has 1 N–H and O–H groups in total. The number of carbonyl (C=O) groups is 2. The van der Waals surface area contributed by atoms with Crippen molar-refractivity contribution in [1.29, 1.82) is 0 Å². The fourth-order valence-electron chi connectivity index (χ4n) is 3.40. The zero-order valence-corrected chi connectivity index (χ0v) is 18.5. The van der Waals surface area contributed by atoms with E-state index in [1.165, 1.54) is 12.0 Å². The average Bonchev–Trinajstić information content (AvgIpc) is 3.27. The van der Waals surface area contributed by atoms with Gasteiger partial charge in [-0.05, 0) is 35.9 Å². The number of rotatable bonds is 7. The average molecular weight is 445 g/mol. The number of ether oxygens (including phenoxy) is 2. The molecule has 4 rings (SSSR count). The van der Waals surface area contributed by atoms with Gasteiger partial charge in [-0.15, -0.1) is 0 Å². The minimum absolute atomic E-state index is 0.00631. The normalized spacial score (nSPS) is 10.8. The summed E-state index contributed by atoms with van der Waals surface area (Å²) < 4.78 is 11.6. The van der Waals surface area contributed by atoms with Gasteiger partial charge in [0, 0.05) is 43.2 Å². The van der Waals surface area contributed by atoms with E-state index >= 15 is 0 Å². The lowest BCUT2D eigenvalue weighted by atomic mass is 10.1. The number of fused-ring (bicyclic) bond motifs is 1. The van der Waals surface area contributed by atoms with Crippen molar-refractivity contribution in [2.24, 2.45) is 0 Å². The van der Waals surface area contributed by atoms with Gasteiger partial charge in [-0.1, -0.05) is 12.1 Å². The van der Waals surface area contributed by atoms with Gasteiger partial charge < -0.3 is 19.7 Å². The van der Waals surface area contributed by atoms with Crippen molar-refractivity contribution >= 4 is 28.7 Å². The highest BCUT2D eigenvalue weighted by molar-refractivity contribution is 6.06. The van der Waals surface area contributed by atoms with Gasteiger partial charge >= 0.3 is 0 Å². The zero-order valence-electron chi connectivity index (χ0n) is 18.5. The van der Waals surface area contributed by atoms with Crippen molar-refractivity contribution in [3.8, 4) is 17.0 Å². The highest BCUT2D eigenvalue weighted by Crippen LogP contribution is 2.27. The molecular formula is C24H23N5O4. The highest BCUT2D eigenvalue weighted by Gasteiger charge is 2.16. The Labute approximate surface area is 190 Å². The van der Waals surface area contributed by atoms with E-state index in [0.717, 1.165) is 16.6 Å². The first-order chi connectivity index (χ1) is 16.0. The Balaban J connectivity index is 1.59. The lowest BCUT2D eigenvalue weighted by Crippen LogP contribution is -2.26. The molecule has 0 saturated carbocycles. The van der Waals surface area contributed by atoms with Gasteiger partial charge in [-0.2, -0.15) is 5.10 Å². The molecule has 0 radical (unpaired) electrons. The number of amides is 2. The number of carbonyl (C=O) groups excluding carboxylic acids is 2. The number of pyridine rings is 2. The monoisotopic (exact) mass is 445 g/mol. The van der Waals surface area contributed by atoms with Crippen LogP contribution in [-0.2, 0) is 9.53 Å². The van der Waals surface area contributed by atoms with Crippen molar-refractivity contribution in [3.05, 3.63) is 72.7 Å². The van der Waals surface area contributed by atoms with E-state index in [4.69, 9.17) is 9.47 Å². The number of methoxy groups -OCH3 is 2. The Bertz CT molecular complexity index is 1280. The highest BCUT2D eigenvalue weighted by atomic mass is 16.5. The van der Waals surface area contributed by atoms with Crippen molar-refractivity contribution in [3.63, 3.8) is 0 Å². The predicted molar refractivity (Wildman–Crippen MR) is 125 cm³/mol. The number of hydrogen-bond acceptors (Lipinski definition) is 6. The van der Waals surface area contributed by atoms with Crippen LogP contribution in [0.15, 0.2) is 67.1 Å². The Kier molecular flexibility index (Phi) is 6.32. The van der Waals surface area contributed by atoms with E-state index in [0.29, 0.717) is 22.8 Å². The third kappa shape index (κ3) is 4.68. The molecule has 0 fully saturated rings. The van der Waals surface area contributed by atoms with E-state index in [9.17, 15) is 9.59 Å². The number of anilines is 2. The van der Waals surface area contributed by atoms with Crippen LogP contribution >= 0.6 is 0 Å². The lowest BCUT2D eigenvalue weighted by Gasteiger charge is -2.17. The lowest BCUT2D eigenvalue weighted by molar-refractivity contribution is -0.119. The molecule has 0 unspecified atom stereocenters. The first kappa shape index (κ1) is 22.0. The largest absolute Gasteiger partial charge is 0.481 e. The second-order valence-electron chi connectivity index (χ2n) is 7.28. The molecule has 0 aliphatic carbocycles. The molecule has 0 spiro atoms. The van der Waals surface area contributed by atoms with Crippen LogP contribution in [0.25, 0.3) is 16.6 Å². The maximum Gasteiger partial charge on any atom is 0.258 e. The summed E-state index contributed by atoms with van der Waals surface area (Å²) in [5, 5.41) is 7.16. The molecule has 9 nitrogen and oxygen atoms in total. The van der Waals surface area contributed by atoms with Crippen LogP contribution < -0.4 is 15.0 Å². The van der Waals surface area contributed by atoms with Crippen LogP contribution in [0.3, 0.4) is 0 Å². The zero-order chi connectivity index (χ0) is 23.4. The summed E-state index contributed by atoms with van der Waals surface area (Å²) in [4.78, 5) is 30.5. The predicted octanol–water partition coefficient (Wildman–Crippen LogP) is 3.27. The second-order valence-corrected chi connectivity index (χ2v) is 7.28. The second kappa shape index (κ2) is 9.49. The van der Waals surface area contributed by atoms with E-state index in [-0.39, 0.29) is 18.4 Å². The van der Waals surface area contributed by atoms with Crippen molar-refractivity contribution in [2.75, 3.05) is 38.1 Å². The van der Waals surface area contributed by atoms with Gasteiger partial charge in [-0.3, -0.25) is 9.59 Å². The SMILES string of the molecule is COCC(=O)Nc1ccc(-c2cnn3ccc(C(=O)N(C)c4ccc(OC)nc4)cc23)cc1. The number of nitrogens with one attached hydrogen (secondary N) is 1. The molecule has 0 aliphatic heterocycles. The minimum Gasteiger partial charge on any atom is -0.481 e. The van der Waals surface area contributed by atoms with E-state index in [1.54, 1.807) is 55.5 Å². The minimum atomic E-state index is -0.222. The van der Waals surface area contributed by atoms with Crippen LogP contribution in [0.4, 0.5) is 11.4 Å². The molecule has 3 aromatic heterocycles. The molecular weight excluding hydrogens is 422 g/mol. The molecule has 9 heteroatoms. The van der Waals surface area contributed by atoms with Crippen molar-refractivity contribution in [1.82, 2.24) is 14.6 Å². The molecule has 3 heterocycles. The summed E-state index contributed by atoms with van der Waals surface area (Å²) in [5.41, 5.74) is 4.41. The van der Waals surface area contributed by atoms with Crippen LogP contribution in [-0.4, -0.2) is 54.3 Å². The van der Waals surface area contributed by atoms with Gasteiger partial charge in [0.1, 0.15) is 6.61 Å². The smallest absolute Gasteiger partial charge is 0.258 e. The van der Waals surface area contributed by atoms with Gasteiger partial charge in [0.2, 0.25) is 11.8 Å². The Morgan fingerprint density at radius 1 is 1.06 bits per heavy atom. The van der Waals surface area contributed by atoms with Gasteiger partial charge in [0.15, 0.2) is 0 Å². The van der Waals surface area contributed by atoms with Gasteiger partial charge in [0.25, 0.3) is 5.91 Å². The molecule has 0 saturated heterocycles. The topological polar surface area (TPSA) is 98.1 Å². The van der Waals surface area contributed by atoms with E-state index < -0.39 is 0 Å². The quantitative estimate of drug-likeness (QED) is 0.469. The Morgan fingerprint density at radius 3 is 2.52 bits per heavy atom. The van der Waals surface area contributed by atoms with Crippen LogP contribution in [0.5, 0.6) is 5.88 Å². The maximum atomic E-state index is 13.1. The molecule has 0 aliphatic rings. The van der Waals surface area contributed by atoms with Crippen LogP contribution in [0.1, 0.15) is 10.4 Å². The standard InChI is InChI=1S/C24H23N5O4/c1-28(19-8-9-23(33-3)25-13-19)24(31)17-10-11-29-21(12-17)20(14-26-29)16-4-6-18(7-5-16)27-22(30)15-32-2/h4-14H,15H2,1-3H3,(H,27,30). The third-order valence-electron chi connectivity index (χ3n) is 5.15. The van der Waals surface area contributed by atoms with E-state index in [2.05, 4.69) is 15.4 Å². The van der Waals surface area contributed by atoms with Gasteiger partial charge in [-0.25, -0.2) is 9.50 Å². The van der Waals surface area contributed by atoms with Crippen molar-refractivity contribution < 1.29 is 19.1 Å². The molecule has 0 atom stereocenters. The number of benzene rings is 1. The summed E-state index contributed by atoms with van der Waals surface area (Å²) in [6.45, 7) is -0.00631. The summed E-state index contributed by atoms with van der Waals surface area (Å²) in [7, 11) is 4.71. The molecule has 2 amide bonds. The first-order valence-electron chi connectivity index (χ1n) is 10.1. The summed E-state index contributed by atoms with van der Waals surface area (Å²) in [6, 6.07) is 14.4.